The van der Waals surface area contributed by atoms with Gasteiger partial charge < -0.3 is 14.2 Å². The zero-order valence-electron chi connectivity index (χ0n) is 20.7. The molecule has 192 valence electrons. The van der Waals surface area contributed by atoms with E-state index in [4.69, 9.17) is 14.2 Å². The molecule has 3 aromatic rings. The standard InChI is InChI=1S/C29H27FO6S/c1-17-4-10-20(11-5-17)26(31)34-16-23-25(35-27(32)21-12-6-18(2)7-13-21)24(30)29(37-23)36-28(33)22-14-8-19(3)9-15-22/h4-15,23-25,29H,16H2,1-3H3/t23-,24-,25+,29?/m0/s1. The first-order valence-corrected chi connectivity index (χ1v) is 12.7. The molecule has 1 unspecified atom stereocenters. The minimum atomic E-state index is -1.82. The molecule has 37 heavy (non-hydrogen) atoms. The van der Waals surface area contributed by atoms with Gasteiger partial charge in [-0.25, -0.2) is 18.8 Å². The van der Waals surface area contributed by atoms with E-state index in [2.05, 4.69) is 0 Å². The fourth-order valence-corrected chi connectivity index (χ4v) is 5.03. The molecular formula is C29H27FO6S. The Labute approximate surface area is 219 Å². The van der Waals surface area contributed by atoms with Crippen LogP contribution < -0.4 is 0 Å². The van der Waals surface area contributed by atoms with E-state index in [1.165, 1.54) is 0 Å². The molecule has 8 heteroatoms. The molecule has 0 radical (unpaired) electrons. The number of carbonyl (C=O) groups excluding carboxylic acids is 3. The Balaban J connectivity index is 1.48. The molecule has 4 atom stereocenters. The molecule has 0 saturated carbocycles. The van der Waals surface area contributed by atoms with Crippen LogP contribution in [-0.2, 0) is 14.2 Å². The minimum absolute atomic E-state index is 0.234. The van der Waals surface area contributed by atoms with Crippen LogP contribution in [0.2, 0.25) is 0 Å². The number of esters is 3. The lowest BCUT2D eigenvalue weighted by Gasteiger charge is -2.20. The van der Waals surface area contributed by atoms with Gasteiger partial charge in [-0.2, -0.15) is 0 Å². The highest BCUT2D eigenvalue weighted by Crippen LogP contribution is 2.40. The molecule has 0 N–H and O–H groups in total. The number of carbonyl (C=O) groups is 3. The smallest absolute Gasteiger partial charge is 0.339 e. The van der Waals surface area contributed by atoms with Crippen molar-refractivity contribution >= 4 is 29.7 Å². The van der Waals surface area contributed by atoms with Crippen LogP contribution in [-0.4, -0.2) is 47.5 Å². The highest BCUT2D eigenvalue weighted by molar-refractivity contribution is 8.00. The van der Waals surface area contributed by atoms with Crippen molar-refractivity contribution in [1.29, 1.82) is 0 Å². The quantitative estimate of drug-likeness (QED) is 0.294. The number of ether oxygens (including phenoxy) is 3. The Kier molecular flexibility index (Phi) is 8.28. The number of rotatable bonds is 7. The molecule has 1 saturated heterocycles. The van der Waals surface area contributed by atoms with Crippen molar-refractivity contribution in [1.82, 2.24) is 0 Å². The Morgan fingerprint density at radius 2 is 1.08 bits per heavy atom. The van der Waals surface area contributed by atoms with Gasteiger partial charge in [0.25, 0.3) is 0 Å². The van der Waals surface area contributed by atoms with Crippen LogP contribution in [0.5, 0.6) is 0 Å². The molecule has 6 nitrogen and oxygen atoms in total. The number of hydrogen-bond donors (Lipinski definition) is 0. The Morgan fingerprint density at radius 3 is 1.54 bits per heavy atom. The lowest BCUT2D eigenvalue weighted by molar-refractivity contribution is -0.0186. The van der Waals surface area contributed by atoms with E-state index >= 15 is 4.39 Å². The van der Waals surface area contributed by atoms with Gasteiger partial charge in [0.2, 0.25) is 0 Å². The van der Waals surface area contributed by atoms with Gasteiger partial charge in [0.15, 0.2) is 17.7 Å². The average molecular weight is 523 g/mol. The number of hydrogen-bond acceptors (Lipinski definition) is 7. The number of alkyl halides is 1. The van der Waals surface area contributed by atoms with Gasteiger partial charge in [-0.05, 0) is 57.2 Å². The molecule has 0 spiro atoms. The summed E-state index contributed by atoms with van der Waals surface area (Å²) < 4.78 is 32.0. The summed E-state index contributed by atoms with van der Waals surface area (Å²) in [5.74, 6) is -1.99. The van der Waals surface area contributed by atoms with E-state index in [0.717, 1.165) is 28.5 Å². The van der Waals surface area contributed by atoms with Gasteiger partial charge in [0.1, 0.15) is 6.61 Å². The molecule has 0 amide bonds. The van der Waals surface area contributed by atoms with Crippen LogP contribution >= 0.6 is 11.8 Å². The highest BCUT2D eigenvalue weighted by atomic mass is 32.2. The van der Waals surface area contributed by atoms with Gasteiger partial charge >= 0.3 is 17.9 Å². The predicted octanol–water partition coefficient (Wildman–Crippen LogP) is 5.63. The maximum atomic E-state index is 15.6. The van der Waals surface area contributed by atoms with E-state index in [9.17, 15) is 14.4 Å². The normalized spacial score (nSPS) is 20.8. The summed E-state index contributed by atoms with van der Waals surface area (Å²) in [4.78, 5) is 37.9. The first-order valence-electron chi connectivity index (χ1n) is 11.8. The largest absolute Gasteiger partial charge is 0.461 e. The molecule has 4 rings (SSSR count). The van der Waals surface area contributed by atoms with Gasteiger partial charge in [0, 0.05) is 0 Å². The maximum Gasteiger partial charge on any atom is 0.339 e. The number of aryl methyl sites for hydroxylation is 3. The van der Waals surface area contributed by atoms with Crippen LogP contribution in [0.3, 0.4) is 0 Å². The van der Waals surface area contributed by atoms with Crippen LogP contribution in [0.25, 0.3) is 0 Å². The second-order valence-corrected chi connectivity index (χ2v) is 10.3. The van der Waals surface area contributed by atoms with E-state index in [1.54, 1.807) is 72.8 Å². The van der Waals surface area contributed by atoms with Crippen molar-refractivity contribution in [3.8, 4) is 0 Å². The van der Waals surface area contributed by atoms with E-state index in [0.29, 0.717) is 5.56 Å². The van der Waals surface area contributed by atoms with Crippen molar-refractivity contribution in [3.63, 3.8) is 0 Å². The van der Waals surface area contributed by atoms with Crippen LogP contribution in [0.4, 0.5) is 4.39 Å². The maximum absolute atomic E-state index is 15.6. The van der Waals surface area contributed by atoms with Crippen molar-refractivity contribution in [2.45, 2.75) is 43.7 Å². The molecule has 0 bridgehead atoms. The minimum Gasteiger partial charge on any atom is -0.461 e. The third-order valence-corrected chi connectivity index (χ3v) is 7.33. The van der Waals surface area contributed by atoms with Crippen molar-refractivity contribution < 1.29 is 33.0 Å². The van der Waals surface area contributed by atoms with Crippen LogP contribution in [0, 0.1) is 20.8 Å². The fourth-order valence-electron chi connectivity index (χ4n) is 3.73. The van der Waals surface area contributed by atoms with E-state index in [1.807, 2.05) is 20.8 Å². The zero-order chi connectivity index (χ0) is 26.5. The van der Waals surface area contributed by atoms with Gasteiger partial charge in [-0.1, -0.05) is 53.1 Å². The Morgan fingerprint density at radius 1 is 0.676 bits per heavy atom. The number of halogens is 1. The first kappa shape index (κ1) is 26.4. The summed E-state index contributed by atoms with van der Waals surface area (Å²) in [6.45, 7) is 5.43. The van der Waals surface area contributed by atoms with Crippen molar-refractivity contribution in [2.75, 3.05) is 6.61 Å². The molecule has 0 aliphatic carbocycles. The first-order chi connectivity index (χ1) is 17.7. The summed E-state index contributed by atoms with van der Waals surface area (Å²) >= 11 is 0.960. The van der Waals surface area contributed by atoms with Gasteiger partial charge in [0.05, 0.1) is 21.9 Å². The fraction of sp³-hybridized carbons (Fsp3) is 0.276. The molecule has 1 fully saturated rings. The summed E-state index contributed by atoms with van der Waals surface area (Å²) in [5.41, 5.74) is 2.56. The summed E-state index contributed by atoms with van der Waals surface area (Å²) in [6.07, 6.45) is -3.11. The summed E-state index contributed by atoms with van der Waals surface area (Å²) in [6, 6.07) is 20.2. The second kappa shape index (κ2) is 11.6. The monoisotopic (exact) mass is 522 g/mol. The highest BCUT2D eigenvalue weighted by Gasteiger charge is 2.50. The molecule has 1 heterocycles. The Hall–Kier alpha value is -3.65. The average Bonchev–Trinajstić information content (AvgIpc) is 3.17. The molecular weight excluding hydrogens is 495 g/mol. The predicted molar refractivity (Wildman–Crippen MR) is 139 cm³/mol. The van der Waals surface area contributed by atoms with Crippen LogP contribution in [0.1, 0.15) is 47.8 Å². The number of benzene rings is 3. The van der Waals surface area contributed by atoms with Gasteiger partial charge in [-0.15, -0.1) is 11.8 Å². The summed E-state index contributed by atoms with van der Waals surface area (Å²) in [7, 11) is 0. The number of thioether (sulfide) groups is 1. The van der Waals surface area contributed by atoms with Crippen molar-refractivity contribution in [2.24, 2.45) is 0 Å². The van der Waals surface area contributed by atoms with Crippen molar-refractivity contribution in [3.05, 3.63) is 106 Å². The third kappa shape index (κ3) is 6.57. The van der Waals surface area contributed by atoms with Crippen LogP contribution in [0.15, 0.2) is 72.8 Å². The topological polar surface area (TPSA) is 78.9 Å². The third-order valence-electron chi connectivity index (χ3n) is 5.96. The second-order valence-electron chi connectivity index (χ2n) is 8.96. The Bertz CT molecular complexity index is 1260. The lowest BCUT2D eigenvalue weighted by Crippen LogP contribution is -2.37. The SMILES string of the molecule is Cc1ccc(C(=O)OC[C@@H]2SC(OC(=O)c3ccc(C)cc3)[C@@H](F)[C@@H]2OC(=O)c2ccc(C)cc2)cc1. The molecule has 3 aromatic carbocycles. The zero-order valence-corrected chi connectivity index (χ0v) is 21.5. The molecule has 1 aliphatic heterocycles. The van der Waals surface area contributed by atoms with E-state index < -0.39 is 40.9 Å². The lowest BCUT2D eigenvalue weighted by atomic mass is 10.1. The van der Waals surface area contributed by atoms with E-state index in [-0.39, 0.29) is 17.7 Å². The molecule has 0 aromatic heterocycles. The molecule has 1 aliphatic rings. The summed E-state index contributed by atoms with van der Waals surface area (Å²) in [5, 5.41) is -0.783. The van der Waals surface area contributed by atoms with Gasteiger partial charge in [-0.3, -0.25) is 0 Å².